The maximum absolute atomic E-state index is 13.3. The van der Waals surface area contributed by atoms with Crippen LogP contribution in [-0.4, -0.2) is 21.6 Å². The van der Waals surface area contributed by atoms with Crippen molar-refractivity contribution in [2.45, 2.75) is 37.4 Å². The number of amides is 1. The average Bonchev–Trinajstić information content (AvgIpc) is 3.15. The molecule has 2 aromatic carbocycles. The van der Waals surface area contributed by atoms with Gasteiger partial charge in [-0.3, -0.25) is 9.59 Å². The monoisotopic (exact) mass is 479 g/mol. The van der Waals surface area contributed by atoms with Gasteiger partial charge in [0.1, 0.15) is 10.6 Å². The van der Waals surface area contributed by atoms with E-state index < -0.39 is 0 Å². The molecule has 0 aliphatic heterocycles. The van der Waals surface area contributed by atoms with E-state index in [1.807, 2.05) is 19.1 Å². The lowest BCUT2D eigenvalue weighted by Gasteiger charge is -2.26. The first-order chi connectivity index (χ1) is 16.0. The predicted octanol–water partition coefficient (Wildman–Crippen LogP) is 5.39. The second-order valence-electron chi connectivity index (χ2n) is 8.09. The highest BCUT2D eigenvalue weighted by atomic mass is 32.2. The van der Waals surface area contributed by atoms with Crippen molar-refractivity contribution < 1.29 is 9.18 Å². The number of hydrogen-bond acceptors (Lipinski definition) is 5. The second kappa shape index (κ2) is 9.11. The third kappa shape index (κ3) is 4.45. The number of halogens is 1. The molecule has 168 valence electrons. The first-order valence-electron chi connectivity index (χ1n) is 10.8. The van der Waals surface area contributed by atoms with Crippen LogP contribution in [0.2, 0.25) is 0 Å². The van der Waals surface area contributed by atoms with Gasteiger partial charge in [-0.1, -0.05) is 48.2 Å². The van der Waals surface area contributed by atoms with E-state index in [9.17, 15) is 14.0 Å². The number of fused-ring (bicyclic) bond motifs is 2. The summed E-state index contributed by atoms with van der Waals surface area (Å²) in [4.78, 5) is 34.5. The molecule has 1 amide bonds. The average molecular weight is 480 g/mol. The number of rotatable bonds is 5. The molecule has 0 radical (unpaired) electrons. The van der Waals surface area contributed by atoms with Crippen molar-refractivity contribution in [3.05, 3.63) is 80.7 Å². The van der Waals surface area contributed by atoms with Crippen LogP contribution in [0.5, 0.6) is 0 Å². The van der Waals surface area contributed by atoms with Crippen LogP contribution in [0.15, 0.2) is 58.5 Å². The summed E-state index contributed by atoms with van der Waals surface area (Å²) in [6, 6.07) is 14.4. The number of aromatic amines is 1. The first kappa shape index (κ1) is 21.9. The molecule has 5 nitrogen and oxygen atoms in total. The molecule has 2 aromatic heterocycles. The van der Waals surface area contributed by atoms with Gasteiger partial charge in [-0.15, -0.1) is 11.3 Å². The number of benzene rings is 2. The standard InChI is InChI=1S/C25H22FN3O2S2/c1-14-21(16-9-11-17(26)12-10-16)22-23(31)28-25(29-24(22)33-14)32-13-20(30)27-19-8-4-6-15-5-2-3-7-18(15)19/h2-3,5,7,9-12,19H,4,6,8,13H2,1H3,(H,27,30)(H,28,29,31)/t19-/m0/s1. The molecule has 0 unspecified atom stereocenters. The van der Waals surface area contributed by atoms with Crippen LogP contribution >= 0.6 is 23.1 Å². The number of aromatic nitrogens is 2. The highest BCUT2D eigenvalue weighted by molar-refractivity contribution is 7.99. The third-order valence-electron chi connectivity index (χ3n) is 5.89. The molecule has 5 rings (SSSR count). The van der Waals surface area contributed by atoms with Crippen molar-refractivity contribution in [3.63, 3.8) is 0 Å². The Balaban J connectivity index is 1.33. The summed E-state index contributed by atoms with van der Waals surface area (Å²) in [6.45, 7) is 1.92. The normalized spacial score (nSPS) is 15.4. The first-order valence-corrected chi connectivity index (χ1v) is 12.6. The maximum Gasteiger partial charge on any atom is 0.260 e. The van der Waals surface area contributed by atoms with Gasteiger partial charge in [0.2, 0.25) is 5.91 Å². The van der Waals surface area contributed by atoms with Gasteiger partial charge in [0.25, 0.3) is 5.56 Å². The number of thioether (sulfide) groups is 1. The molecule has 8 heteroatoms. The summed E-state index contributed by atoms with van der Waals surface area (Å²) in [5.74, 6) is -0.238. The fourth-order valence-corrected chi connectivity index (χ4v) is 6.18. The molecule has 0 spiro atoms. The Labute approximate surface area is 198 Å². The van der Waals surface area contributed by atoms with Crippen LogP contribution in [0.25, 0.3) is 21.3 Å². The fraction of sp³-hybridized carbons (Fsp3) is 0.240. The number of hydrogen-bond donors (Lipinski definition) is 2. The summed E-state index contributed by atoms with van der Waals surface area (Å²) in [5, 5.41) is 4.04. The van der Waals surface area contributed by atoms with Crippen LogP contribution in [0.4, 0.5) is 4.39 Å². The quantitative estimate of drug-likeness (QED) is 0.298. The zero-order valence-electron chi connectivity index (χ0n) is 18.0. The molecule has 1 aliphatic carbocycles. The van der Waals surface area contributed by atoms with E-state index in [0.29, 0.717) is 15.4 Å². The fourth-order valence-electron chi connectivity index (χ4n) is 4.41. The molecule has 0 saturated heterocycles. The molecule has 2 N–H and O–H groups in total. The number of carbonyl (C=O) groups is 1. The van der Waals surface area contributed by atoms with Gasteiger partial charge in [0.15, 0.2) is 5.16 Å². The van der Waals surface area contributed by atoms with Crippen LogP contribution in [-0.2, 0) is 11.2 Å². The van der Waals surface area contributed by atoms with Gasteiger partial charge in [0, 0.05) is 10.4 Å². The Morgan fingerprint density at radius 2 is 2.03 bits per heavy atom. The number of aryl methyl sites for hydroxylation is 2. The minimum Gasteiger partial charge on any atom is -0.349 e. The highest BCUT2D eigenvalue weighted by Gasteiger charge is 2.22. The van der Waals surface area contributed by atoms with Crippen molar-refractivity contribution >= 4 is 39.2 Å². The summed E-state index contributed by atoms with van der Waals surface area (Å²) in [6.07, 6.45) is 3.02. The number of carbonyl (C=O) groups excluding carboxylic acids is 1. The number of nitrogens with zero attached hydrogens (tertiary/aromatic N) is 1. The van der Waals surface area contributed by atoms with E-state index in [4.69, 9.17) is 0 Å². The van der Waals surface area contributed by atoms with E-state index in [-0.39, 0.29) is 29.1 Å². The zero-order valence-corrected chi connectivity index (χ0v) is 19.6. The molecule has 1 atom stereocenters. The molecule has 2 heterocycles. The molecule has 1 aliphatic rings. The largest absolute Gasteiger partial charge is 0.349 e. The van der Waals surface area contributed by atoms with Gasteiger partial charge in [-0.25, -0.2) is 9.37 Å². The van der Waals surface area contributed by atoms with Gasteiger partial charge in [-0.2, -0.15) is 0 Å². The van der Waals surface area contributed by atoms with Crippen LogP contribution in [0, 0.1) is 12.7 Å². The van der Waals surface area contributed by atoms with Crippen molar-refractivity contribution in [3.8, 4) is 11.1 Å². The number of thiophene rings is 1. The molecule has 4 aromatic rings. The second-order valence-corrected chi connectivity index (χ2v) is 10.3. The summed E-state index contributed by atoms with van der Waals surface area (Å²) in [7, 11) is 0. The number of nitrogens with one attached hydrogen (secondary N) is 2. The van der Waals surface area contributed by atoms with Crippen LogP contribution in [0.1, 0.15) is 34.9 Å². The van der Waals surface area contributed by atoms with E-state index in [0.717, 1.165) is 35.3 Å². The Morgan fingerprint density at radius 3 is 2.85 bits per heavy atom. The topological polar surface area (TPSA) is 74.8 Å². The Hall–Kier alpha value is -2.97. The molecule has 0 fully saturated rings. The van der Waals surface area contributed by atoms with Crippen molar-refractivity contribution in [2.75, 3.05) is 5.75 Å². The molecule has 0 saturated carbocycles. The van der Waals surface area contributed by atoms with Gasteiger partial charge in [0.05, 0.1) is 17.2 Å². The SMILES string of the molecule is Cc1sc2nc(SCC(=O)N[C@H]3CCCc4ccccc43)[nH]c(=O)c2c1-c1ccc(F)cc1. The van der Waals surface area contributed by atoms with E-state index in [1.165, 1.54) is 46.4 Å². The minimum absolute atomic E-state index is 0.0238. The van der Waals surface area contributed by atoms with Gasteiger partial charge < -0.3 is 10.3 Å². The smallest absolute Gasteiger partial charge is 0.260 e. The highest BCUT2D eigenvalue weighted by Crippen LogP contribution is 2.36. The van der Waals surface area contributed by atoms with Crippen LogP contribution < -0.4 is 10.9 Å². The van der Waals surface area contributed by atoms with Gasteiger partial charge >= 0.3 is 0 Å². The van der Waals surface area contributed by atoms with E-state index in [1.54, 1.807) is 12.1 Å². The lowest BCUT2D eigenvalue weighted by molar-refractivity contribution is -0.119. The minimum atomic E-state index is -0.323. The van der Waals surface area contributed by atoms with E-state index >= 15 is 0 Å². The number of H-pyrrole nitrogens is 1. The Kier molecular flexibility index (Phi) is 6.03. The lowest BCUT2D eigenvalue weighted by Crippen LogP contribution is -2.32. The van der Waals surface area contributed by atoms with Crippen molar-refractivity contribution in [2.24, 2.45) is 0 Å². The molecule has 33 heavy (non-hydrogen) atoms. The van der Waals surface area contributed by atoms with E-state index in [2.05, 4.69) is 27.4 Å². The summed E-state index contributed by atoms with van der Waals surface area (Å²) >= 11 is 2.64. The zero-order chi connectivity index (χ0) is 22.9. The lowest BCUT2D eigenvalue weighted by atomic mass is 9.88. The molecular weight excluding hydrogens is 457 g/mol. The van der Waals surface area contributed by atoms with Crippen molar-refractivity contribution in [1.29, 1.82) is 0 Å². The molecular formula is C25H22FN3O2S2. The maximum atomic E-state index is 13.3. The Morgan fingerprint density at radius 1 is 1.24 bits per heavy atom. The third-order valence-corrected chi connectivity index (χ3v) is 7.77. The molecule has 0 bridgehead atoms. The summed E-state index contributed by atoms with van der Waals surface area (Å²) < 4.78 is 13.3. The van der Waals surface area contributed by atoms with Gasteiger partial charge in [-0.05, 0) is 55.0 Å². The summed E-state index contributed by atoms with van der Waals surface area (Å²) in [5.41, 5.74) is 3.78. The van der Waals surface area contributed by atoms with Crippen molar-refractivity contribution in [1.82, 2.24) is 15.3 Å². The predicted molar refractivity (Wildman–Crippen MR) is 131 cm³/mol. The Bertz CT molecular complexity index is 1400. The van der Waals surface area contributed by atoms with Crippen LogP contribution in [0.3, 0.4) is 0 Å².